The van der Waals surface area contributed by atoms with Gasteiger partial charge < -0.3 is 14.7 Å². The van der Waals surface area contributed by atoms with E-state index in [0.29, 0.717) is 13.2 Å². The molecule has 1 aromatic rings. The normalized spacial score (nSPS) is 18.2. The van der Waals surface area contributed by atoms with E-state index in [1.807, 2.05) is 12.3 Å². The number of rotatable bonds is 5. The fraction of sp³-hybridized carbons (Fsp3) is 0.538. The van der Waals surface area contributed by atoms with E-state index in [-0.39, 0.29) is 12.5 Å². The number of carboxylic acids is 1. The molecule has 0 aromatic carbocycles. The summed E-state index contributed by atoms with van der Waals surface area (Å²) in [4.78, 5) is 26.0. The van der Waals surface area contributed by atoms with Crippen molar-refractivity contribution in [3.05, 3.63) is 21.9 Å². The predicted molar refractivity (Wildman–Crippen MR) is 71.2 cm³/mol. The molecule has 0 saturated heterocycles. The largest absolute Gasteiger partial charge is 0.479 e. The van der Waals surface area contributed by atoms with Gasteiger partial charge in [0.05, 0.1) is 0 Å². The van der Waals surface area contributed by atoms with Gasteiger partial charge in [-0.25, -0.2) is 4.79 Å². The monoisotopic (exact) mass is 283 g/mol. The number of ether oxygens (including phenoxy) is 1. The molecule has 1 aliphatic heterocycles. The molecular weight excluding hydrogens is 266 g/mol. The number of nitrogens with zero attached hydrogens (tertiary/aromatic N) is 1. The fourth-order valence-corrected chi connectivity index (χ4v) is 3.14. The molecule has 1 N–H and O–H groups in total. The summed E-state index contributed by atoms with van der Waals surface area (Å²) < 4.78 is 5.21. The first-order valence-electron chi connectivity index (χ1n) is 6.31. The third-order valence-corrected chi connectivity index (χ3v) is 4.09. The van der Waals surface area contributed by atoms with Gasteiger partial charge in [0, 0.05) is 18.0 Å². The quantitative estimate of drug-likeness (QED) is 0.835. The summed E-state index contributed by atoms with van der Waals surface area (Å²) in [6.45, 7) is 2.87. The van der Waals surface area contributed by atoms with E-state index in [2.05, 4.69) is 0 Å². The highest BCUT2D eigenvalue weighted by Crippen LogP contribution is 2.33. The number of aliphatic carboxylic acids is 1. The third kappa shape index (κ3) is 2.96. The first-order chi connectivity index (χ1) is 9.15. The first-order valence-corrected chi connectivity index (χ1v) is 7.19. The minimum atomic E-state index is -0.983. The summed E-state index contributed by atoms with van der Waals surface area (Å²) in [5, 5.41) is 11.2. The van der Waals surface area contributed by atoms with E-state index in [9.17, 15) is 14.7 Å². The highest BCUT2D eigenvalue weighted by atomic mass is 32.1. The molecule has 1 aromatic heterocycles. The lowest BCUT2D eigenvalue weighted by Crippen LogP contribution is -2.44. The van der Waals surface area contributed by atoms with Crippen molar-refractivity contribution < 1.29 is 19.4 Å². The maximum Gasteiger partial charge on any atom is 0.331 e. The van der Waals surface area contributed by atoms with Crippen LogP contribution in [0.5, 0.6) is 0 Å². The number of thiophene rings is 1. The summed E-state index contributed by atoms with van der Waals surface area (Å²) in [7, 11) is 0. The summed E-state index contributed by atoms with van der Waals surface area (Å²) in [5.41, 5.74) is 0.743. The molecule has 6 heteroatoms. The van der Waals surface area contributed by atoms with Crippen LogP contribution in [-0.2, 0) is 20.7 Å². The minimum absolute atomic E-state index is 0.0446. The smallest absolute Gasteiger partial charge is 0.331 e. The topological polar surface area (TPSA) is 66.8 Å². The van der Waals surface area contributed by atoms with Crippen LogP contribution in [0.4, 0.5) is 0 Å². The number of hydrogen-bond acceptors (Lipinski definition) is 4. The minimum Gasteiger partial charge on any atom is -0.479 e. The summed E-state index contributed by atoms with van der Waals surface area (Å²) in [6.07, 6.45) is 1.56. The third-order valence-electron chi connectivity index (χ3n) is 3.09. The Balaban J connectivity index is 2.12. The van der Waals surface area contributed by atoms with Crippen LogP contribution in [-0.4, -0.2) is 41.6 Å². The molecule has 2 heterocycles. The lowest BCUT2D eigenvalue weighted by molar-refractivity contribution is -0.153. The number of carbonyl (C=O) groups excluding carboxylic acids is 1. The van der Waals surface area contributed by atoms with Crippen molar-refractivity contribution in [1.82, 2.24) is 4.90 Å². The molecular formula is C13H17NO4S. The van der Waals surface area contributed by atoms with Crippen molar-refractivity contribution >= 4 is 23.2 Å². The SMILES string of the molecule is CCCOCC(=O)N1CCc2sccc2C1C(=O)O. The predicted octanol–water partition coefficient (Wildman–Crippen LogP) is 1.69. The van der Waals surface area contributed by atoms with E-state index >= 15 is 0 Å². The van der Waals surface area contributed by atoms with Gasteiger partial charge in [-0.3, -0.25) is 4.79 Å². The second-order valence-corrected chi connectivity index (χ2v) is 5.43. The van der Waals surface area contributed by atoms with E-state index < -0.39 is 12.0 Å². The number of amides is 1. The van der Waals surface area contributed by atoms with Crippen LogP contribution >= 0.6 is 11.3 Å². The molecule has 1 unspecified atom stereocenters. The number of carbonyl (C=O) groups is 2. The van der Waals surface area contributed by atoms with Crippen LogP contribution in [0.15, 0.2) is 11.4 Å². The Morgan fingerprint density at radius 2 is 2.37 bits per heavy atom. The fourth-order valence-electron chi connectivity index (χ4n) is 2.24. The van der Waals surface area contributed by atoms with Gasteiger partial charge in [-0.05, 0) is 29.9 Å². The van der Waals surface area contributed by atoms with E-state index in [4.69, 9.17) is 4.74 Å². The summed E-state index contributed by atoms with van der Waals surface area (Å²) >= 11 is 1.55. The standard InChI is InChI=1S/C13H17NO4S/c1-2-6-18-8-11(15)14-5-3-10-9(4-7-19-10)12(14)13(16)17/h4,7,12H,2-3,5-6,8H2,1H3,(H,16,17). The van der Waals surface area contributed by atoms with Gasteiger partial charge in [-0.2, -0.15) is 0 Å². The van der Waals surface area contributed by atoms with Crippen molar-refractivity contribution in [2.24, 2.45) is 0 Å². The van der Waals surface area contributed by atoms with E-state index in [1.165, 1.54) is 4.90 Å². The molecule has 0 fully saturated rings. The number of hydrogen-bond donors (Lipinski definition) is 1. The van der Waals surface area contributed by atoms with Gasteiger partial charge in [0.15, 0.2) is 6.04 Å². The second-order valence-electron chi connectivity index (χ2n) is 4.43. The summed E-state index contributed by atoms with van der Waals surface area (Å²) in [5.74, 6) is -1.24. The Labute approximate surface area is 115 Å². The molecule has 0 bridgehead atoms. The molecule has 0 aliphatic carbocycles. The van der Waals surface area contributed by atoms with Crippen molar-refractivity contribution in [1.29, 1.82) is 0 Å². The number of fused-ring (bicyclic) bond motifs is 1. The Hall–Kier alpha value is -1.40. The van der Waals surface area contributed by atoms with Crippen molar-refractivity contribution in [2.75, 3.05) is 19.8 Å². The average molecular weight is 283 g/mol. The van der Waals surface area contributed by atoms with Gasteiger partial charge in [-0.15, -0.1) is 11.3 Å². The van der Waals surface area contributed by atoms with E-state index in [0.717, 1.165) is 23.3 Å². The Morgan fingerprint density at radius 3 is 3.05 bits per heavy atom. The van der Waals surface area contributed by atoms with Crippen LogP contribution in [0.2, 0.25) is 0 Å². The molecule has 104 valence electrons. The highest BCUT2D eigenvalue weighted by molar-refractivity contribution is 7.10. The van der Waals surface area contributed by atoms with Crippen molar-refractivity contribution in [2.45, 2.75) is 25.8 Å². The zero-order valence-electron chi connectivity index (χ0n) is 10.8. The van der Waals surface area contributed by atoms with Gasteiger partial charge in [-0.1, -0.05) is 6.92 Å². The molecule has 1 amide bonds. The Bertz CT molecular complexity index is 471. The van der Waals surface area contributed by atoms with Crippen LogP contribution in [0.1, 0.15) is 29.8 Å². The molecule has 0 radical (unpaired) electrons. The second kappa shape index (κ2) is 6.16. The van der Waals surface area contributed by atoms with Crippen LogP contribution in [0.3, 0.4) is 0 Å². The zero-order valence-corrected chi connectivity index (χ0v) is 11.6. The summed E-state index contributed by atoms with van der Waals surface area (Å²) in [6, 6.07) is 0.929. The maximum atomic E-state index is 12.1. The van der Waals surface area contributed by atoms with E-state index in [1.54, 1.807) is 17.4 Å². The molecule has 0 spiro atoms. The van der Waals surface area contributed by atoms with Crippen LogP contribution in [0.25, 0.3) is 0 Å². The molecule has 5 nitrogen and oxygen atoms in total. The zero-order chi connectivity index (χ0) is 13.8. The van der Waals surface area contributed by atoms with Gasteiger partial charge in [0.2, 0.25) is 5.91 Å². The van der Waals surface area contributed by atoms with Crippen molar-refractivity contribution in [3.63, 3.8) is 0 Å². The van der Waals surface area contributed by atoms with Crippen molar-refractivity contribution in [3.8, 4) is 0 Å². The lowest BCUT2D eigenvalue weighted by atomic mass is 10.00. The van der Waals surface area contributed by atoms with Gasteiger partial charge in [0.1, 0.15) is 6.61 Å². The Kier molecular flexibility index (Phi) is 4.55. The van der Waals surface area contributed by atoms with Crippen LogP contribution in [0, 0.1) is 0 Å². The van der Waals surface area contributed by atoms with Gasteiger partial charge in [0.25, 0.3) is 0 Å². The molecule has 19 heavy (non-hydrogen) atoms. The lowest BCUT2D eigenvalue weighted by Gasteiger charge is -2.33. The van der Waals surface area contributed by atoms with Crippen LogP contribution < -0.4 is 0 Å². The molecule has 1 atom stereocenters. The molecule has 1 aliphatic rings. The highest BCUT2D eigenvalue weighted by Gasteiger charge is 2.36. The first kappa shape index (κ1) is 14.0. The maximum absolute atomic E-state index is 12.1. The average Bonchev–Trinajstić information content (AvgIpc) is 2.85. The van der Waals surface area contributed by atoms with Gasteiger partial charge >= 0.3 is 5.97 Å². The molecule has 0 saturated carbocycles. The number of carboxylic acid groups (broad SMARTS) is 1. The Morgan fingerprint density at radius 1 is 1.58 bits per heavy atom. The molecule has 2 rings (SSSR count).